The van der Waals surface area contributed by atoms with Gasteiger partial charge < -0.3 is 85.2 Å². The van der Waals surface area contributed by atoms with Crippen LogP contribution in [0.25, 0.3) is 11.1 Å². The number of carbonyl (C=O) groups is 8. The van der Waals surface area contributed by atoms with Crippen molar-refractivity contribution in [3.05, 3.63) is 93.3 Å². The molecule has 2 saturated heterocycles. The van der Waals surface area contributed by atoms with Gasteiger partial charge in [-0.2, -0.15) is 13.2 Å². The van der Waals surface area contributed by atoms with Crippen LogP contribution in [0.15, 0.2) is 72.9 Å². The van der Waals surface area contributed by atoms with Gasteiger partial charge in [0.15, 0.2) is 5.69 Å². The molecule has 4 heterocycles. The van der Waals surface area contributed by atoms with Gasteiger partial charge in [-0.15, -0.1) is 0 Å². The number of aryl methyl sites for hydroxylation is 1. The summed E-state index contributed by atoms with van der Waals surface area (Å²) < 4.78 is 78.5. The van der Waals surface area contributed by atoms with Gasteiger partial charge in [0.2, 0.25) is 35.4 Å². The first-order valence-electron chi connectivity index (χ1n) is 38.0. The number of aromatic nitrogens is 2. The van der Waals surface area contributed by atoms with Crippen molar-refractivity contribution < 1.29 is 100 Å². The van der Waals surface area contributed by atoms with Crippen molar-refractivity contribution in [3.8, 4) is 22.9 Å². The molecule has 31 nitrogen and oxygen atoms in total. The average molecular weight is 1680 g/mol. The number of nitrogens with zero attached hydrogens (tertiary/aromatic N) is 8. The zero-order chi connectivity index (χ0) is 80.3. The lowest BCUT2D eigenvalue weighted by Crippen LogP contribution is -2.54. The quantitative estimate of drug-likeness (QED) is 0.0208. The van der Waals surface area contributed by atoms with Crippen LogP contribution in [0.3, 0.4) is 0 Å². The highest BCUT2D eigenvalue weighted by molar-refractivity contribution is 14.1. The van der Waals surface area contributed by atoms with Gasteiger partial charge in [-0.25, -0.2) is 9.97 Å². The third kappa shape index (κ3) is 35.2. The molecular weight excluding hydrogens is 1570 g/mol. The number of anilines is 2. The highest BCUT2D eigenvalue weighted by Crippen LogP contribution is 2.39. The second-order valence-electron chi connectivity index (χ2n) is 26.8. The molecule has 4 aromatic rings. The third-order valence-corrected chi connectivity index (χ3v) is 19.1. The largest absolute Gasteiger partial charge is 0.481 e. The van der Waals surface area contributed by atoms with E-state index in [9.17, 15) is 72.0 Å². The molecule has 3 atom stereocenters. The molecule has 0 bridgehead atoms. The number of pyridine rings is 2. The summed E-state index contributed by atoms with van der Waals surface area (Å²) in [6.07, 6.45) is -0.425. The Bertz CT molecular complexity index is 3490. The molecule has 0 aliphatic carbocycles. The SMILES string of the molecule is CCOc1ccc(N2CCN(c3ccc(-c4cccnc4OCC)cc3CNCCCOCCOCCOCCOCCNC(=O)[C@@H](CCCCNC(=O)CN3CCN(CC(=O)O)CCN(CC(=O)O)CCN(CC(=O)O)CC3)NC(=O)[C@@H](CCC(=O)O)NC(=O)CCCc3ccc(I)cc3)[C@H](CC)C2)c(C(F)(F)F)n1. The van der Waals surface area contributed by atoms with E-state index in [1.165, 1.54) is 12.1 Å². The minimum Gasteiger partial charge on any atom is -0.481 e. The van der Waals surface area contributed by atoms with Crippen LogP contribution in [0.5, 0.6) is 11.8 Å². The number of carboxylic acids is 4. The Labute approximate surface area is 660 Å². The van der Waals surface area contributed by atoms with E-state index in [1.807, 2.05) is 56.3 Å². The van der Waals surface area contributed by atoms with Crippen LogP contribution in [0.1, 0.15) is 95.4 Å². The number of alkyl halides is 3. The lowest BCUT2D eigenvalue weighted by molar-refractivity contribution is -0.141. The van der Waals surface area contributed by atoms with Crippen molar-refractivity contribution in [2.45, 2.75) is 116 Å². The van der Waals surface area contributed by atoms with E-state index >= 15 is 0 Å². The number of halogens is 4. The van der Waals surface area contributed by atoms with Crippen molar-refractivity contribution in [2.75, 3.05) is 194 Å². The van der Waals surface area contributed by atoms with Crippen LogP contribution in [-0.2, 0) is 76.4 Å². The number of benzene rings is 2. The predicted octanol–water partition coefficient (Wildman–Crippen LogP) is 4.95. The molecule has 2 aliphatic heterocycles. The first-order chi connectivity index (χ1) is 53.4. The van der Waals surface area contributed by atoms with E-state index < -0.39 is 72.0 Å². The van der Waals surface area contributed by atoms with Crippen LogP contribution < -0.4 is 45.9 Å². The van der Waals surface area contributed by atoms with Gasteiger partial charge in [0.1, 0.15) is 12.1 Å². The normalized spacial score (nSPS) is 15.7. The molecule has 2 fully saturated rings. The number of ether oxygens (including phenoxy) is 6. The topological polar surface area (TPSA) is 378 Å². The van der Waals surface area contributed by atoms with Gasteiger partial charge in [0.05, 0.1) is 91.3 Å². The Morgan fingerprint density at radius 3 is 1.74 bits per heavy atom. The number of carboxylic acid groups (broad SMARTS) is 4. The molecule has 0 saturated carbocycles. The van der Waals surface area contributed by atoms with E-state index in [2.05, 4.69) is 76.2 Å². The summed E-state index contributed by atoms with van der Waals surface area (Å²) in [4.78, 5) is 120. The van der Waals surface area contributed by atoms with E-state index in [0.29, 0.717) is 110 Å². The number of amides is 4. The summed E-state index contributed by atoms with van der Waals surface area (Å²) >= 11 is 2.20. The Morgan fingerprint density at radius 2 is 1.15 bits per heavy atom. The molecule has 35 heteroatoms. The van der Waals surface area contributed by atoms with Gasteiger partial charge in [0.25, 0.3) is 0 Å². The standard InChI is InChI=1S/C76H111F3IN13O18/c1-4-59-50-92(64-23-24-67(110-5-2)87-72(64)76(77,78)79)38-39-93(59)63-22-18-56(60-13-10-28-84-75(60)111-6-3)48-57(63)49-81-26-11-40-106-42-44-108-46-47-109-45-43-107-41-29-83-73(104)61(86-74(105)62(21-25-68(96)97)85-65(94)15-9-12-55-16-19-58(80)20-17-55)14-7-8-27-82-66(95)51-88-30-32-89(52-69(98)99)34-36-91(54-71(102)103)37-35-90(33-31-88)53-70(100)101/h10,13,16-20,22-24,28,48,59,61-62,81H,4-9,11-12,14-15,21,25-27,29-47,49-54H2,1-3H3,(H,82,95)(H,83,104)(H,85,94)(H,86,105)(H,96,97)(H,98,99)(H,100,101)(H,102,103)/t59-,61-,62-/m1/s1. The van der Waals surface area contributed by atoms with Crippen LogP contribution in [0.4, 0.5) is 24.5 Å². The maximum atomic E-state index is 14.4. The van der Waals surface area contributed by atoms with Crippen LogP contribution in [-0.4, -0.2) is 299 Å². The van der Waals surface area contributed by atoms with Gasteiger partial charge >= 0.3 is 30.1 Å². The molecule has 0 spiro atoms. The van der Waals surface area contributed by atoms with Gasteiger partial charge in [-0.1, -0.05) is 25.1 Å². The number of aliphatic carboxylic acids is 4. The third-order valence-electron chi connectivity index (χ3n) is 18.4. The average Bonchev–Trinajstić information content (AvgIpc) is 0.775. The molecule has 111 heavy (non-hydrogen) atoms. The monoisotopic (exact) mass is 1680 g/mol. The highest BCUT2D eigenvalue weighted by atomic mass is 127. The van der Waals surface area contributed by atoms with Crippen LogP contribution in [0, 0.1) is 3.57 Å². The smallest absolute Gasteiger partial charge is 0.435 e. The van der Waals surface area contributed by atoms with Gasteiger partial charge in [-0.3, -0.25) is 58.0 Å². The van der Waals surface area contributed by atoms with Crippen molar-refractivity contribution in [2.24, 2.45) is 0 Å². The van der Waals surface area contributed by atoms with E-state index in [-0.39, 0.29) is 167 Å². The van der Waals surface area contributed by atoms with Gasteiger partial charge in [0, 0.05) is 144 Å². The summed E-state index contributed by atoms with van der Waals surface area (Å²) in [7, 11) is 0. The second-order valence-corrected chi connectivity index (χ2v) is 28.0. The maximum absolute atomic E-state index is 14.4. The lowest BCUT2D eigenvalue weighted by Gasteiger charge is -2.44. The van der Waals surface area contributed by atoms with E-state index in [4.69, 9.17) is 28.4 Å². The highest BCUT2D eigenvalue weighted by Gasteiger charge is 2.40. The summed E-state index contributed by atoms with van der Waals surface area (Å²) in [6.45, 7) is 11.8. The van der Waals surface area contributed by atoms with Crippen molar-refractivity contribution >= 4 is 81.5 Å². The number of piperazine rings is 1. The van der Waals surface area contributed by atoms with E-state index in [0.717, 1.165) is 31.5 Å². The summed E-state index contributed by atoms with van der Waals surface area (Å²) in [5.74, 6) is -6.13. The Balaban J connectivity index is 0.926. The first-order valence-corrected chi connectivity index (χ1v) is 39.1. The fraction of sp³-hybridized carbons (Fsp3) is 0.605. The number of carbonyl (C=O) groups excluding carboxylic acids is 4. The Morgan fingerprint density at radius 1 is 0.568 bits per heavy atom. The maximum Gasteiger partial charge on any atom is 0.435 e. The van der Waals surface area contributed by atoms with Crippen LogP contribution >= 0.6 is 22.6 Å². The predicted molar refractivity (Wildman–Crippen MR) is 416 cm³/mol. The number of rotatable bonds is 50. The van der Waals surface area contributed by atoms with Crippen molar-refractivity contribution in [1.82, 2.24) is 56.2 Å². The minimum absolute atomic E-state index is 0.0271. The van der Waals surface area contributed by atoms with Crippen molar-refractivity contribution in [1.29, 1.82) is 0 Å². The molecule has 2 aromatic carbocycles. The molecule has 6 rings (SSSR count). The number of hydrogen-bond donors (Lipinski definition) is 9. The number of hydrogen-bond acceptors (Lipinski definition) is 23. The fourth-order valence-electron chi connectivity index (χ4n) is 12.8. The lowest BCUT2D eigenvalue weighted by atomic mass is 9.99. The zero-order valence-corrected chi connectivity index (χ0v) is 66.0. The van der Waals surface area contributed by atoms with E-state index in [1.54, 1.807) is 37.6 Å². The fourth-order valence-corrected chi connectivity index (χ4v) is 13.1. The summed E-state index contributed by atoms with van der Waals surface area (Å²) in [6, 6.07) is 18.3. The van der Waals surface area contributed by atoms with Crippen molar-refractivity contribution in [3.63, 3.8) is 0 Å². The number of nitrogens with one attached hydrogen (secondary N) is 5. The molecule has 616 valence electrons. The summed E-state index contributed by atoms with van der Waals surface area (Å²) in [5, 5.41) is 52.9. The molecule has 0 unspecified atom stereocenters. The summed E-state index contributed by atoms with van der Waals surface area (Å²) in [5.41, 5.74) is 3.83. The first kappa shape index (κ1) is 91.7. The minimum atomic E-state index is -4.67. The molecule has 0 radical (unpaired) electrons. The Kier molecular flexibility index (Phi) is 42.0. The molecule has 9 N–H and O–H groups in total. The van der Waals surface area contributed by atoms with Crippen LogP contribution in [0.2, 0.25) is 0 Å². The molecular formula is C76H111F3IN13O18. The molecule has 4 amide bonds. The van der Waals surface area contributed by atoms with Gasteiger partial charge in [-0.05, 0) is 154 Å². The molecule has 2 aromatic heterocycles. The zero-order valence-electron chi connectivity index (χ0n) is 63.8. The Hall–Kier alpha value is -8.14. The second kappa shape index (κ2) is 50.8. The number of unbranched alkanes of at least 4 members (excludes halogenated alkanes) is 1. The molecule has 2 aliphatic rings.